The molecule has 1 N–H and O–H groups in total. The topological polar surface area (TPSA) is 116 Å². The lowest BCUT2D eigenvalue weighted by Gasteiger charge is -2.03. The molecule has 0 saturated carbocycles. The van der Waals surface area contributed by atoms with Crippen LogP contribution in [0.4, 0.5) is 5.69 Å². The minimum Gasteiger partial charge on any atom is -0.465 e. The average molecular weight is 329 g/mol. The molecule has 1 aromatic rings. The van der Waals surface area contributed by atoms with Crippen molar-refractivity contribution in [1.82, 2.24) is 4.72 Å². The fraction of sp³-hybridized carbons (Fsp3) is 0.375. The smallest absolute Gasteiger partial charge is 0.321 e. The van der Waals surface area contributed by atoms with Gasteiger partial charge in [-0.1, -0.05) is 11.6 Å². The molecular weight excluding hydrogens is 320 g/mol. The highest BCUT2D eigenvalue weighted by Gasteiger charge is 2.25. The Morgan fingerprint density at radius 1 is 1.63 bits per heavy atom. The van der Waals surface area contributed by atoms with Gasteiger partial charge in [0.05, 0.1) is 11.5 Å². The molecule has 0 fully saturated rings. The number of ether oxygens (including phenoxy) is 1. The summed E-state index contributed by atoms with van der Waals surface area (Å²) in [4.78, 5) is 20.8. The molecule has 0 radical (unpaired) electrons. The molecule has 0 spiro atoms. The maximum atomic E-state index is 11.7. The fourth-order valence-corrected chi connectivity index (χ4v) is 3.71. The SMILES string of the molecule is CCOC(=O)CNS(=O)(=O)c1cc([N+](=O)[O-])c(Cl)s1. The third kappa shape index (κ3) is 4.13. The summed E-state index contributed by atoms with van der Waals surface area (Å²) in [6, 6.07) is 0.834. The highest BCUT2D eigenvalue weighted by atomic mass is 35.5. The van der Waals surface area contributed by atoms with Gasteiger partial charge in [-0.3, -0.25) is 14.9 Å². The number of thiophene rings is 1. The third-order valence-corrected chi connectivity index (χ3v) is 5.03. The van der Waals surface area contributed by atoms with Gasteiger partial charge >= 0.3 is 5.97 Å². The maximum absolute atomic E-state index is 11.7. The fourth-order valence-electron chi connectivity index (χ4n) is 1.03. The van der Waals surface area contributed by atoms with Crippen molar-refractivity contribution in [3.8, 4) is 0 Å². The Bertz CT molecular complexity index is 596. The Hall–Kier alpha value is -1.23. The predicted molar refractivity (Wildman–Crippen MR) is 67.8 cm³/mol. The monoisotopic (exact) mass is 328 g/mol. The van der Waals surface area contributed by atoms with Crippen LogP contribution >= 0.6 is 22.9 Å². The molecule has 1 rings (SSSR count). The van der Waals surface area contributed by atoms with E-state index >= 15 is 0 Å². The zero-order valence-electron chi connectivity index (χ0n) is 9.58. The molecule has 1 aromatic heterocycles. The van der Waals surface area contributed by atoms with Crippen molar-refractivity contribution in [2.45, 2.75) is 11.1 Å². The van der Waals surface area contributed by atoms with Crippen molar-refractivity contribution < 1.29 is 22.9 Å². The van der Waals surface area contributed by atoms with Gasteiger partial charge in [0.1, 0.15) is 10.8 Å². The molecule has 0 saturated heterocycles. The first kappa shape index (κ1) is 15.8. The first-order chi connectivity index (χ1) is 8.77. The zero-order valence-corrected chi connectivity index (χ0v) is 12.0. The van der Waals surface area contributed by atoms with Crippen LogP contribution in [-0.2, 0) is 19.6 Å². The summed E-state index contributed by atoms with van der Waals surface area (Å²) in [7, 11) is -4.03. The molecule has 0 atom stereocenters. The predicted octanol–water partition coefficient (Wildman–Crippen LogP) is 1.15. The third-order valence-electron chi connectivity index (χ3n) is 1.82. The Balaban J connectivity index is 2.86. The van der Waals surface area contributed by atoms with Crippen LogP contribution in [0.25, 0.3) is 0 Å². The number of rotatable bonds is 6. The molecule has 1 heterocycles. The summed E-state index contributed by atoms with van der Waals surface area (Å²) in [6.07, 6.45) is 0. The van der Waals surface area contributed by atoms with Gasteiger partial charge in [-0.2, -0.15) is 4.72 Å². The summed E-state index contributed by atoms with van der Waals surface area (Å²) < 4.78 is 29.4. The molecule has 0 aliphatic rings. The minimum atomic E-state index is -4.03. The van der Waals surface area contributed by atoms with Crippen molar-refractivity contribution in [1.29, 1.82) is 0 Å². The molecule has 0 aliphatic carbocycles. The van der Waals surface area contributed by atoms with Crippen molar-refractivity contribution >= 4 is 44.6 Å². The second-order valence-electron chi connectivity index (χ2n) is 3.11. The highest BCUT2D eigenvalue weighted by Crippen LogP contribution is 2.35. The van der Waals surface area contributed by atoms with Gasteiger partial charge in [0.2, 0.25) is 0 Å². The minimum absolute atomic E-state index is 0.122. The number of nitro groups is 1. The van der Waals surface area contributed by atoms with Gasteiger partial charge in [-0.15, -0.1) is 11.3 Å². The molecule has 0 amide bonds. The van der Waals surface area contributed by atoms with Crippen molar-refractivity contribution in [2.24, 2.45) is 0 Å². The van der Waals surface area contributed by atoms with Crippen LogP contribution in [-0.4, -0.2) is 32.5 Å². The van der Waals surface area contributed by atoms with Crippen LogP contribution < -0.4 is 4.72 Å². The van der Waals surface area contributed by atoms with Gasteiger partial charge in [-0.05, 0) is 6.92 Å². The first-order valence-corrected chi connectivity index (χ1v) is 7.54. The molecule has 106 valence electrons. The van der Waals surface area contributed by atoms with E-state index in [1.54, 1.807) is 6.92 Å². The lowest BCUT2D eigenvalue weighted by Crippen LogP contribution is -2.30. The van der Waals surface area contributed by atoms with Gasteiger partial charge in [0.15, 0.2) is 4.34 Å². The van der Waals surface area contributed by atoms with E-state index in [9.17, 15) is 23.3 Å². The van der Waals surface area contributed by atoms with Crippen molar-refractivity contribution in [2.75, 3.05) is 13.2 Å². The largest absolute Gasteiger partial charge is 0.465 e. The quantitative estimate of drug-likeness (QED) is 0.475. The molecule has 0 unspecified atom stereocenters. The van der Waals surface area contributed by atoms with Gasteiger partial charge in [0.25, 0.3) is 15.7 Å². The van der Waals surface area contributed by atoms with Crippen LogP contribution in [0.15, 0.2) is 10.3 Å². The van der Waals surface area contributed by atoms with Gasteiger partial charge in [-0.25, -0.2) is 8.42 Å². The number of nitrogens with zero attached hydrogens (tertiary/aromatic N) is 1. The summed E-state index contributed by atoms with van der Waals surface area (Å²) in [5.41, 5.74) is -0.497. The molecule has 0 aliphatic heterocycles. The number of nitrogens with one attached hydrogen (secondary N) is 1. The van der Waals surface area contributed by atoms with E-state index in [0.717, 1.165) is 6.07 Å². The van der Waals surface area contributed by atoms with Gasteiger partial charge < -0.3 is 4.74 Å². The molecular formula is C8H9ClN2O6S2. The normalized spacial score (nSPS) is 11.3. The molecule has 0 aromatic carbocycles. The Labute approximate surface area is 117 Å². The van der Waals surface area contributed by atoms with E-state index in [1.165, 1.54) is 0 Å². The lowest BCUT2D eigenvalue weighted by atomic mass is 10.6. The number of hydrogen-bond donors (Lipinski definition) is 1. The number of halogens is 1. The van der Waals surface area contributed by atoms with Crippen molar-refractivity contribution in [3.63, 3.8) is 0 Å². The van der Waals surface area contributed by atoms with Crippen molar-refractivity contribution in [3.05, 3.63) is 20.5 Å². The Morgan fingerprint density at radius 2 is 2.26 bits per heavy atom. The summed E-state index contributed by atoms with van der Waals surface area (Å²) >= 11 is 6.09. The highest BCUT2D eigenvalue weighted by molar-refractivity contribution is 7.91. The van der Waals surface area contributed by atoms with Gasteiger partial charge in [0, 0.05) is 6.07 Å². The molecule has 0 bridgehead atoms. The maximum Gasteiger partial charge on any atom is 0.321 e. The summed E-state index contributed by atoms with van der Waals surface area (Å²) in [6.45, 7) is 1.14. The molecule has 11 heteroatoms. The van der Waals surface area contributed by atoms with E-state index in [-0.39, 0.29) is 15.2 Å². The van der Waals surface area contributed by atoms with E-state index in [1.807, 2.05) is 4.72 Å². The van der Waals surface area contributed by atoms with Crippen LogP contribution in [0.2, 0.25) is 4.34 Å². The number of sulfonamides is 1. The van der Waals surface area contributed by atoms with E-state index in [0.29, 0.717) is 11.3 Å². The number of hydrogen-bond acceptors (Lipinski definition) is 7. The zero-order chi connectivity index (χ0) is 14.6. The van der Waals surface area contributed by atoms with E-state index in [2.05, 4.69) is 4.74 Å². The number of carbonyl (C=O) groups is 1. The standard InChI is InChI=1S/C8H9ClN2O6S2/c1-2-17-6(12)4-10-19(15,16)7-3-5(11(13)14)8(9)18-7/h3,10H,2,4H2,1H3. The Morgan fingerprint density at radius 3 is 2.74 bits per heavy atom. The molecule has 19 heavy (non-hydrogen) atoms. The second-order valence-corrected chi connectivity index (χ2v) is 6.76. The second kappa shape index (κ2) is 6.28. The van der Waals surface area contributed by atoms with Crippen LogP contribution in [0.3, 0.4) is 0 Å². The van der Waals surface area contributed by atoms with Crippen LogP contribution in [0.5, 0.6) is 0 Å². The first-order valence-electron chi connectivity index (χ1n) is 4.87. The lowest BCUT2D eigenvalue weighted by molar-refractivity contribution is -0.384. The summed E-state index contributed by atoms with van der Waals surface area (Å²) in [5, 5.41) is 10.6. The number of carbonyl (C=O) groups excluding carboxylic acids is 1. The molecule has 8 nitrogen and oxygen atoms in total. The summed E-state index contributed by atoms with van der Waals surface area (Å²) in [5.74, 6) is -0.747. The van der Waals surface area contributed by atoms with Crippen LogP contribution in [0, 0.1) is 10.1 Å². The number of esters is 1. The van der Waals surface area contributed by atoms with E-state index < -0.39 is 33.1 Å². The van der Waals surface area contributed by atoms with Crippen LogP contribution in [0.1, 0.15) is 6.92 Å². The average Bonchev–Trinajstić information content (AvgIpc) is 2.70. The van der Waals surface area contributed by atoms with E-state index in [4.69, 9.17) is 11.6 Å². The Kier molecular flexibility index (Phi) is 5.23.